The first-order chi connectivity index (χ1) is 7.08. The summed E-state index contributed by atoms with van der Waals surface area (Å²) in [4.78, 5) is 0. The van der Waals surface area contributed by atoms with Crippen LogP contribution in [0.3, 0.4) is 0 Å². The fourth-order valence-electron chi connectivity index (χ4n) is 1.68. The van der Waals surface area contributed by atoms with Gasteiger partial charge in [0, 0.05) is 6.07 Å². The van der Waals surface area contributed by atoms with Gasteiger partial charge < -0.3 is 10.2 Å². The lowest BCUT2D eigenvalue weighted by Gasteiger charge is -2.05. The van der Waals surface area contributed by atoms with E-state index in [0.717, 1.165) is 24.3 Å². The largest absolute Gasteiger partial charge is 0.508 e. The van der Waals surface area contributed by atoms with Gasteiger partial charge in [-0.25, -0.2) is 0 Å². The number of unbranched alkanes of at least 4 members (excludes halogenated alkanes) is 1. The van der Waals surface area contributed by atoms with E-state index in [9.17, 15) is 10.2 Å². The summed E-state index contributed by atoms with van der Waals surface area (Å²) in [5.41, 5.74) is 1.01. The monoisotopic (exact) mass is 208 g/mol. The lowest BCUT2D eigenvalue weighted by atomic mass is 10.0. The Hall–Kier alpha value is -1.18. The van der Waals surface area contributed by atoms with Crippen molar-refractivity contribution in [3.8, 4) is 11.5 Å². The molecule has 0 heterocycles. The van der Waals surface area contributed by atoms with E-state index >= 15 is 0 Å². The third-order valence-electron chi connectivity index (χ3n) is 2.46. The smallest absolute Gasteiger partial charge is 0.119 e. The molecule has 1 rings (SSSR count). The maximum absolute atomic E-state index is 9.28. The molecule has 0 aliphatic rings. The Morgan fingerprint density at radius 2 is 1.60 bits per heavy atom. The first-order valence-corrected chi connectivity index (χ1v) is 5.60. The van der Waals surface area contributed by atoms with E-state index in [2.05, 4.69) is 13.8 Å². The molecule has 0 aromatic heterocycles. The molecule has 2 heteroatoms. The van der Waals surface area contributed by atoms with Crippen molar-refractivity contribution in [3.05, 3.63) is 23.8 Å². The predicted molar refractivity (Wildman–Crippen MR) is 62.2 cm³/mol. The first kappa shape index (κ1) is 11.9. The molecule has 0 saturated carbocycles. The Kier molecular flexibility index (Phi) is 4.47. The summed E-state index contributed by atoms with van der Waals surface area (Å²) in [6, 6.07) is 4.79. The van der Waals surface area contributed by atoms with Crippen LogP contribution >= 0.6 is 0 Å². The van der Waals surface area contributed by atoms with Crippen molar-refractivity contribution in [2.45, 2.75) is 39.5 Å². The van der Waals surface area contributed by atoms with Crippen molar-refractivity contribution < 1.29 is 10.2 Å². The molecule has 1 aromatic rings. The van der Waals surface area contributed by atoms with Crippen LogP contribution in [-0.4, -0.2) is 10.2 Å². The Bertz CT molecular complexity index is 285. The minimum atomic E-state index is 0.147. The molecule has 2 nitrogen and oxygen atoms in total. The van der Waals surface area contributed by atoms with Crippen molar-refractivity contribution >= 4 is 0 Å². The molecule has 0 aliphatic heterocycles. The lowest BCUT2D eigenvalue weighted by Crippen LogP contribution is -1.90. The zero-order valence-corrected chi connectivity index (χ0v) is 9.53. The fourth-order valence-corrected chi connectivity index (χ4v) is 1.68. The maximum Gasteiger partial charge on any atom is 0.119 e. The van der Waals surface area contributed by atoms with Crippen LogP contribution in [0.25, 0.3) is 0 Å². The quantitative estimate of drug-likeness (QED) is 0.727. The predicted octanol–water partition coefficient (Wildman–Crippen LogP) is 3.47. The molecule has 0 radical (unpaired) electrons. The van der Waals surface area contributed by atoms with Crippen LogP contribution < -0.4 is 0 Å². The van der Waals surface area contributed by atoms with Gasteiger partial charge in [0.15, 0.2) is 0 Å². The van der Waals surface area contributed by atoms with Gasteiger partial charge in [0.05, 0.1) is 0 Å². The summed E-state index contributed by atoms with van der Waals surface area (Å²) in [5.74, 6) is 1.05. The van der Waals surface area contributed by atoms with E-state index in [-0.39, 0.29) is 11.5 Å². The van der Waals surface area contributed by atoms with Crippen molar-refractivity contribution in [2.75, 3.05) is 0 Å². The topological polar surface area (TPSA) is 40.5 Å². The minimum Gasteiger partial charge on any atom is -0.508 e. The summed E-state index contributed by atoms with van der Waals surface area (Å²) >= 11 is 0. The van der Waals surface area contributed by atoms with E-state index in [1.165, 1.54) is 18.9 Å². The van der Waals surface area contributed by atoms with Gasteiger partial charge >= 0.3 is 0 Å². The maximum atomic E-state index is 9.28. The number of benzene rings is 1. The van der Waals surface area contributed by atoms with Gasteiger partial charge in [0.2, 0.25) is 0 Å². The van der Waals surface area contributed by atoms with Crippen molar-refractivity contribution in [3.63, 3.8) is 0 Å². The number of phenolic OH excluding ortho intramolecular Hbond substituents is 2. The number of phenols is 2. The second-order valence-corrected chi connectivity index (χ2v) is 4.50. The van der Waals surface area contributed by atoms with Crippen LogP contribution in [0.1, 0.15) is 38.7 Å². The third-order valence-corrected chi connectivity index (χ3v) is 2.46. The molecule has 0 spiro atoms. The Morgan fingerprint density at radius 1 is 1.00 bits per heavy atom. The van der Waals surface area contributed by atoms with E-state index < -0.39 is 0 Å². The lowest BCUT2D eigenvalue weighted by molar-refractivity contribution is 0.448. The van der Waals surface area contributed by atoms with E-state index in [1.807, 2.05) is 0 Å². The second kappa shape index (κ2) is 5.64. The van der Waals surface area contributed by atoms with Crippen LogP contribution in [0.2, 0.25) is 0 Å². The first-order valence-electron chi connectivity index (χ1n) is 5.60. The summed E-state index contributed by atoms with van der Waals surface area (Å²) in [6.45, 7) is 4.44. The highest BCUT2D eigenvalue weighted by molar-refractivity contribution is 5.36. The summed E-state index contributed by atoms with van der Waals surface area (Å²) in [7, 11) is 0. The Balaban J connectivity index is 2.37. The zero-order chi connectivity index (χ0) is 11.3. The van der Waals surface area contributed by atoms with Crippen LogP contribution in [0.4, 0.5) is 0 Å². The molecular formula is C13H20O2. The van der Waals surface area contributed by atoms with Crippen LogP contribution in [-0.2, 0) is 6.42 Å². The van der Waals surface area contributed by atoms with Crippen molar-refractivity contribution in [1.82, 2.24) is 0 Å². The zero-order valence-electron chi connectivity index (χ0n) is 9.53. The van der Waals surface area contributed by atoms with E-state index in [4.69, 9.17) is 0 Å². The van der Waals surface area contributed by atoms with E-state index in [0.29, 0.717) is 0 Å². The fraction of sp³-hybridized carbons (Fsp3) is 0.538. The number of aryl methyl sites for hydroxylation is 1. The van der Waals surface area contributed by atoms with Crippen molar-refractivity contribution in [2.24, 2.45) is 5.92 Å². The van der Waals surface area contributed by atoms with Gasteiger partial charge in [-0.2, -0.15) is 0 Å². The van der Waals surface area contributed by atoms with Gasteiger partial charge in [-0.05, 0) is 36.5 Å². The van der Waals surface area contributed by atoms with Gasteiger partial charge in [0.1, 0.15) is 11.5 Å². The average molecular weight is 208 g/mol. The molecule has 1 aromatic carbocycles. The van der Waals surface area contributed by atoms with Gasteiger partial charge in [-0.1, -0.05) is 26.7 Å². The highest BCUT2D eigenvalue weighted by Crippen LogP contribution is 2.22. The Labute approximate surface area is 91.6 Å². The normalized spacial score (nSPS) is 10.9. The molecule has 0 fully saturated rings. The second-order valence-electron chi connectivity index (χ2n) is 4.50. The molecule has 0 aliphatic carbocycles. The number of aromatic hydroxyl groups is 2. The average Bonchev–Trinajstić information content (AvgIpc) is 2.10. The third kappa shape index (κ3) is 4.73. The molecule has 0 atom stereocenters. The summed E-state index contributed by atoms with van der Waals surface area (Å²) in [6.07, 6.45) is 4.48. The van der Waals surface area contributed by atoms with E-state index in [1.54, 1.807) is 12.1 Å². The van der Waals surface area contributed by atoms with Gasteiger partial charge in [-0.15, -0.1) is 0 Å². The van der Waals surface area contributed by atoms with Gasteiger partial charge in [0.25, 0.3) is 0 Å². The van der Waals surface area contributed by atoms with Gasteiger partial charge in [-0.3, -0.25) is 0 Å². The molecule has 0 amide bonds. The number of hydrogen-bond donors (Lipinski definition) is 2. The number of rotatable bonds is 5. The molecule has 15 heavy (non-hydrogen) atoms. The van der Waals surface area contributed by atoms with Crippen LogP contribution in [0, 0.1) is 5.92 Å². The molecular weight excluding hydrogens is 188 g/mol. The standard InChI is InChI=1S/C13H20O2/c1-10(2)5-3-4-6-11-7-12(14)9-13(15)8-11/h7-10,14-15H,3-6H2,1-2H3. The highest BCUT2D eigenvalue weighted by Gasteiger charge is 2.00. The van der Waals surface area contributed by atoms with Crippen LogP contribution in [0.15, 0.2) is 18.2 Å². The Morgan fingerprint density at radius 3 is 2.13 bits per heavy atom. The SMILES string of the molecule is CC(C)CCCCc1cc(O)cc(O)c1. The molecule has 0 bridgehead atoms. The van der Waals surface area contributed by atoms with Crippen molar-refractivity contribution in [1.29, 1.82) is 0 Å². The molecule has 0 unspecified atom stereocenters. The van der Waals surface area contributed by atoms with Crippen LogP contribution in [0.5, 0.6) is 11.5 Å². The molecule has 84 valence electrons. The molecule has 0 saturated heterocycles. The highest BCUT2D eigenvalue weighted by atomic mass is 16.3. The summed E-state index contributed by atoms with van der Waals surface area (Å²) in [5, 5.41) is 18.6. The molecule has 2 N–H and O–H groups in total. The minimum absolute atomic E-state index is 0.147. The number of hydrogen-bond acceptors (Lipinski definition) is 2. The summed E-state index contributed by atoms with van der Waals surface area (Å²) < 4.78 is 0.